The van der Waals surface area contributed by atoms with E-state index in [0.717, 1.165) is 6.04 Å². The van der Waals surface area contributed by atoms with E-state index in [4.69, 9.17) is 0 Å². The van der Waals surface area contributed by atoms with Gasteiger partial charge in [0.05, 0.1) is 5.51 Å². The average Bonchev–Trinajstić information content (AvgIpc) is 2.87. The minimum atomic E-state index is 0.578. The monoisotopic (exact) mass is 222 g/mol. The number of thiazole rings is 1. The molecule has 0 atom stereocenters. The summed E-state index contributed by atoms with van der Waals surface area (Å²) in [5.74, 6) is 0. The second-order valence-electron chi connectivity index (χ2n) is 5.15. The van der Waals surface area contributed by atoms with Crippen molar-refractivity contribution in [2.24, 2.45) is 5.41 Å². The first-order valence-electron chi connectivity index (χ1n) is 5.97. The molecule has 0 saturated heterocycles. The van der Waals surface area contributed by atoms with Crippen LogP contribution in [-0.2, 0) is 6.42 Å². The van der Waals surface area contributed by atoms with Crippen molar-refractivity contribution >= 4 is 11.3 Å². The second-order valence-corrected chi connectivity index (χ2v) is 6.12. The number of rotatable bonds is 5. The summed E-state index contributed by atoms with van der Waals surface area (Å²) in [5, 5.41) is 3.70. The van der Waals surface area contributed by atoms with Crippen LogP contribution >= 0.6 is 11.3 Å². The molecule has 1 aromatic heterocycles. The molecule has 0 radical (unpaired) electrons. The lowest BCUT2D eigenvalue weighted by Gasteiger charge is -2.42. The quantitative estimate of drug-likeness (QED) is 0.828. The summed E-state index contributed by atoms with van der Waals surface area (Å²) in [7, 11) is 0. The van der Waals surface area contributed by atoms with Gasteiger partial charge in [0.1, 0.15) is 0 Å². The summed E-state index contributed by atoms with van der Waals surface area (Å²) >= 11 is 1.81. The highest BCUT2D eigenvalue weighted by Crippen LogP contribution is 2.44. The van der Waals surface area contributed by atoms with Crippen molar-refractivity contribution in [2.45, 2.75) is 44.6 Å². The number of aromatic nitrogens is 1. The normalized spacial score (nSPS) is 23.7. The van der Waals surface area contributed by atoms with Crippen molar-refractivity contribution in [3.63, 3.8) is 0 Å². The third-order valence-corrected chi connectivity index (χ3v) is 4.57. The van der Waals surface area contributed by atoms with Crippen LogP contribution in [0.5, 0.6) is 0 Å². The number of nitrogens with one attached hydrogen (secondary N) is 1. The van der Waals surface area contributed by atoms with Crippen LogP contribution in [0.1, 0.15) is 37.0 Å². The largest absolute Gasteiger partial charge is 0.313 e. The molecule has 1 aromatic rings. The Balaban J connectivity index is 1.58. The molecule has 1 N–H and O–H groups in total. The highest BCUT2D eigenvalue weighted by Gasteiger charge is 2.38. The number of hydrogen-bond acceptors (Lipinski definition) is 3. The zero-order valence-corrected chi connectivity index (χ0v) is 9.85. The van der Waals surface area contributed by atoms with Gasteiger partial charge >= 0.3 is 0 Å². The molecule has 2 aliphatic carbocycles. The van der Waals surface area contributed by atoms with Gasteiger partial charge in [-0.25, -0.2) is 0 Å². The second kappa shape index (κ2) is 3.87. The summed E-state index contributed by atoms with van der Waals surface area (Å²) in [4.78, 5) is 5.64. The molecule has 82 valence electrons. The van der Waals surface area contributed by atoms with Gasteiger partial charge in [-0.15, -0.1) is 11.3 Å². The Morgan fingerprint density at radius 3 is 2.87 bits per heavy atom. The first-order valence-corrected chi connectivity index (χ1v) is 6.85. The van der Waals surface area contributed by atoms with Gasteiger partial charge in [-0.05, 0) is 37.5 Å². The van der Waals surface area contributed by atoms with Crippen molar-refractivity contribution < 1.29 is 0 Å². The molecule has 3 heteroatoms. The summed E-state index contributed by atoms with van der Waals surface area (Å²) in [6.07, 6.45) is 10.3. The minimum Gasteiger partial charge on any atom is -0.313 e. The van der Waals surface area contributed by atoms with Gasteiger partial charge in [0.15, 0.2) is 0 Å². The van der Waals surface area contributed by atoms with Crippen molar-refractivity contribution in [1.29, 1.82) is 0 Å². The molecule has 2 nitrogen and oxygen atoms in total. The van der Waals surface area contributed by atoms with E-state index >= 15 is 0 Å². The summed E-state index contributed by atoms with van der Waals surface area (Å²) < 4.78 is 0. The van der Waals surface area contributed by atoms with Crippen LogP contribution in [0, 0.1) is 5.41 Å². The third kappa shape index (κ3) is 2.23. The van der Waals surface area contributed by atoms with Gasteiger partial charge in [-0.3, -0.25) is 4.98 Å². The first-order chi connectivity index (χ1) is 7.36. The van der Waals surface area contributed by atoms with E-state index in [-0.39, 0.29) is 0 Å². The van der Waals surface area contributed by atoms with E-state index in [9.17, 15) is 0 Å². The van der Waals surface area contributed by atoms with Crippen LogP contribution in [0.25, 0.3) is 0 Å². The van der Waals surface area contributed by atoms with E-state index in [1.165, 1.54) is 49.9 Å². The Kier molecular flexibility index (Phi) is 2.53. The standard InChI is InChI=1S/C12H18N2S/c1-4-12(5-1,8-14-10-2-3-10)6-11-7-13-9-15-11/h7,9-10,14H,1-6,8H2. The molecule has 0 aromatic carbocycles. The Hall–Kier alpha value is -0.410. The molecule has 0 unspecified atom stereocenters. The maximum absolute atomic E-state index is 4.17. The molecule has 2 fully saturated rings. The van der Waals surface area contributed by atoms with Gasteiger partial charge < -0.3 is 5.32 Å². The van der Waals surface area contributed by atoms with Crippen molar-refractivity contribution in [1.82, 2.24) is 10.3 Å². The van der Waals surface area contributed by atoms with E-state index < -0.39 is 0 Å². The Morgan fingerprint density at radius 1 is 1.47 bits per heavy atom. The molecule has 0 spiro atoms. The smallest absolute Gasteiger partial charge is 0.0794 e. The Bertz CT molecular complexity index is 312. The molecule has 0 bridgehead atoms. The van der Waals surface area contributed by atoms with Crippen molar-refractivity contribution in [3.8, 4) is 0 Å². The Morgan fingerprint density at radius 2 is 2.33 bits per heavy atom. The lowest BCUT2D eigenvalue weighted by Crippen LogP contribution is -2.42. The van der Waals surface area contributed by atoms with Crippen LogP contribution in [0.15, 0.2) is 11.7 Å². The Labute approximate surface area is 95.1 Å². The fraction of sp³-hybridized carbons (Fsp3) is 0.750. The van der Waals surface area contributed by atoms with Crippen LogP contribution < -0.4 is 5.32 Å². The lowest BCUT2D eigenvalue weighted by atomic mass is 9.66. The molecule has 0 aliphatic heterocycles. The predicted molar refractivity (Wildman–Crippen MR) is 63.1 cm³/mol. The topological polar surface area (TPSA) is 24.9 Å². The van der Waals surface area contributed by atoms with Gasteiger partial charge in [0.2, 0.25) is 0 Å². The zero-order valence-electron chi connectivity index (χ0n) is 9.04. The summed E-state index contributed by atoms with van der Waals surface area (Å²) in [6.45, 7) is 1.23. The van der Waals surface area contributed by atoms with E-state index in [1.807, 2.05) is 23.0 Å². The predicted octanol–water partition coefficient (Wildman–Crippen LogP) is 2.61. The van der Waals surface area contributed by atoms with Gasteiger partial charge in [-0.2, -0.15) is 0 Å². The summed E-state index contributed by atoms with van der Waals surface area (Å²) in [5.41, 5.74) is 2.53. The van der Waals surface area contributed by atoms with Gasteiger partial charge in [0, 0.05) is 23.7 Å². The van der Waals surface area contributed by atoms with E-state index in [2.05, 4.69) is 10.3 Å². The molecular weight excluding hydrogens is 204 g/mol. The van der Waals surface area contributed by atoms with Crippen molar-refractivity contribution in [2.75, 3.05) is 6.54 Å². The SMILES string of the molecule is c1ncc(CC2(CNC3CC3)CCC2)s1. The van der Waals surface area contributed by atoms with Crippen LogP contribution in [0.3, 0.4) is 0 Å². The minimum absolute atomic E-state index is 0.578. The van der Waals surface area contributed by atoms with Gasteiger partial charge in [-0.1, -0.05) is 6.42 Å². The average molecular weight is 222 g/mol. The molecule has 2 aliphatic rings. The van der Waals surface area contributed by atoms with E-state index in [0.29, 0.717) is 5.41 Å². The molecule has 15 heavy (non-hydrogen) atoms. The fourth-order valence-electron chi connectivity index (χ4n) is 2.44. The van der Waals surface area contributed by atoms with Crippen LogP contribution in [0.4, 0.5) is 0 Å². The highest BCUT2D eigenvalue weighted by atomic mass is 32.1. The lowest BCUT2D eigenvalue weighted by molar-refractivity contribution is 0.130. The number of hydrogen-bond donors (Lipinski definition) is 1. The number of nitrogens with zero attached hydrogens (tertiary/aromatic N) is 1. The fourth-order valence-corrected chi connectivity index (χ4v) is 3.21. The molecule has 1 heterocycles. The summed E-state index contributed by atoms with van der Waals surface area (Å²) in [6, 6.07) is 0.851. The van der Waals surface area contributed by atoms with Crippen LogP contribution in [0.2, 0.25) is 0 Å². The maximum Gasteiger partial charge on any atom is 0.0794 e. The third-order valence-electron chi connectivity index (χ3n) is 3.79. The first kappa shape index (κ1) is 9.79. The highest BCUT2D eigenvalue weighted by molar-refractivity contribution is 7.09. The van der Waals surface area contributed by atoms with Crippen LogP contribution in [-0.4, -0.2) is 17.6 Å². The molecular formula is C12H18N2S. The molecule has 0 amide bonds. The molecule has 3 rings (SSSR count). The van der Waals surface area contributed by atoms with E-state index in [1.54, 1.807) is 0 Å². The van der Waals surface area contributed by atoms with Crippen molar-refractivity contribution in [3.05, 3.63) is 16.6 Å². The molecule has 2 saturated carbocycles. The zero-order chi connectivity index (χ0) is 10.1. The maximum atomic E-state index is 4.17. The van der Waals surface area contributed by atoms with Gasteiger partial charge in [0.25, 0.3) is 0 Å².